The van der Waals surface area contributed by atoms with Gasteiger partial charge in [0.25, 0.3) is 0 Å². The van der Waals surface area contributed by atoms with Crippen LogP contribution in [-0.2, 0) is 0 Å². The number of hydrogen-bond acceptors (Lipinski definition) is 4. The molecular formula is C9H10ClN3O. The molecule has 0 aliphatic heterocycles. The van der Waals surface area contributed by atoms with E-state index in [4.69, 9.17) is 27.3 Å². The molecule has 0 spiro atoms. The lowest BCUT2D eigenvalue weighted by Gasteiger charge is -2.05. The predicted molar refractivity (Wildman–Crippen MR) is 53.1 cm³/mol. The molecule has 0 bridgehead atoms. The summed E-state index contributed by atoms with van der Waals surface area (Å²) in [7, 11) is 0. The first-order valence-electron chi connectivity index (χ1n) is 4.17. The minimum Gasteiger partial charge on any atom is -0.477 e. The van der Waals surface area contributed by atoms with Gasteiger partial charge in [-0.25, -0.2) is 4.98 Å². The molecule has 1 heterocycles. The van der Waals surface area contributed by atoms with Crippen LogP contribution < -0.4 is 10.5 Å². The monoisotopic (exact) mass is 211 g/mol. The molecule has 0 radical (unpaired) electrons. The normalized spacial score (nSPS) is 9.50. The Morgan fingerprint density at radius 1 is 1.64 bits per heavy atom. The third-order valence-electron chi connectivity index (χ3n) is 1.56. The van der Waals surface area contributed by atoms with Crippen molar-refractivity contribution < 1.29 is 4.74 Å². The van der Waals surface area contributed by atoms with Gasteiger partial charge in [0.15, 0.2) is 0 Å². The van der Waals surface area contributed by atoms with Crippen molar-refractivity contribution in [3.8, 4) is 11.9 Å². The minimum absolute atomic E-state index is 0.257. The van der Waals surface area contributed by atoms with Crippen molar-refractivity contribution in [2.75, 3.05) is 13.2 Å². The Labute approximate surface area is 87.3 Å². The van der Waals surface area contributed by atoms with Gasteiger partial charge in [0.05, 0.1) is 12.2 Å². The van der Waals surface area contributed by atoms with E-state index in [0.717, 1.165) is 6.42 Å². The third-order valence-corrected chi connectivity index (χ3v) is 1.93. The summed E-state index contributed by atoms with van der Waals surface area (Å²) < 4.78 is 5.25. The SMILES string of the molecule is N#Cc1ccnc(OCCCN)c1Cl. The van der Waals surface area contributed by atoms with Gasteiger partial charge in [0.2, 0.25) is 5.88 Å². The van der Waals surface area contributed by atoms with Crippen molar-refractivity contribution in [2.24, 2.45) is 5.73 Å². The number of nitriles is 1. The summed E-state index contributed by atoms with van der Waals surface area (Å²) in [5.74, 6) is 0.291. The van der Waals surface area contributed by atoms with Gasteiger partial charge in [-0.05, 0) is 19.0 Å². The molecule has 1 aromatic rings. The second-order valence-electron chi connectivity index (χ2n) is 2.58. The van der Waals surface area contributed by atoms with Gasteiger partial charge in [0, 0.05) is 6.20 Å². The van der Waals surface area contributed by atoms with Gasteiger partial charge in [-0.3, -0.25) is 0 Å². The first-order chi connectivity index (χ1) is 6.79. The summed E-state index contributed by atoms with van der Waals surface area (Å²) >= 11 is 5.85. The van der Waals surface area contributed by atoms with Crippen LogP contribution in [0.1, 0.15) is 12.0 Å². The maximum absolute atomic E-state index is 8.68. The van der Waals surface area contributed by atoms with E-state index in [2.05, 4.69) is 4.98 Å². The molecule has 5 heteroatoms. The van der Waals surface area contributed by atoms with Gasteiger partial charge in [0.1, 0.15) is 11.1 Å². The molecule has 0 saturated carbocycles. The van der Waals surface area contributed by atoms with Crippen molar-refractivity contribution in [2.45, 2.75) is 6.42 Å². The number of halogens is 1. The van der Waals surface area contributed by atoms with Gasteiger partial charge in [-0.1, -0.05) is 11.6 Å². The highest BCUT2D eigenvalue weighted by molar-refractivity contribution is 6.32. The largest absolute Gasteiger partial charge is 0.477 e. The smallest absolute Gasteiger partial charge is 0.233 e. The predicted octanol–water partition coefficient (Wildman–Crippen LogP) is 1.33. The average Bonchev–Trinajstić information content (AvgIpc) is 2.21. The van der Waals surface area contributed by atoms with E-state index in [1.807, 2.05) is 6.07 Å². The molecule has 0 aromatic carbocycles. The lowest BCUT2D eigenvalue weighted by Crippen LogP contribution is -2.07. The van der Waals surface area contributed by atoms with Crippen molar-refractivity contribution in [3.63, 3.8) is 0 Å². The molecule has 2 N–H and O–H groups in total. The number of hydrogen-bond donors (Lipinski definition) is 1. The first kappa shape index (κ1) is 10.8. The van der Waals surface area contributed by atoms with Crippen molar-refractivity contribution >= 4 is 11.6 Å². The first-order valence-corrected chi connectivity index (χ1v) is 4.55. The highest BCUT2D eigenvalue weighted by Crippen LogP contribution is 2.24. The van der Waals surface area contributed by atoms with Crippen LogP contribution in [-0.4, -0.2) is 18.1 Å². The van der Waals surface area contributed by atoms with Gasteiger partial charge < -0.3 is 10.5 Å². The van der Waals surface area contributed by atoms with Crippen LogP contribution in [0, 0.1) is 11.3 Å². The lowest BCUT2D eigenvalue weighted by atomic mass is 10.3. The fraction of sp³-hybridized carbons (Fsp3) is 0.333. The highest BCUT2D eigenvalue weighted by atomic mass is 35.5. The zero-order chi connectivity index (χ0) is 10.4. The molecule has 1 rings (SSSR count). The van der Waals surface area contributed by atoms with Crippen LogP contribution in [0.3, 0.4) is 0 Å². The Balaban J connectivity index is 2.73. The molecule has 74 valence electrons. The van der Waals surface area contributed by atoms with E-state index in [9.17, 15) is 0 Å². The fourth-order valence-electron chi connectivity index (χ4n) is 0.864. The maximum Gasteiger partial charge on any atom is 0.233 e. The number of nitrogens with two attached hydrogens (primary N) is 1. The van der Waals surface area contributed by atoms with E-state index >= 15 is 0 Å². The fourth-order valence-corrected chi connectivity index (χ4v) is 1.07. The molecule has 0 fully saturated rings. The Morgan fingerprint density at radius 3 is 3.07 bits per heavy atom. The van der Waals surface area contributed by atoms with Crippen LogP contribution in [0.25, 0.3) is 0 Å². The van der Waals surface area contributed by atoms with E-state index in [-0.39, 0.29) is 5.02 Å². The molecule has 4 nitrogen and oxygen atoms in total. The number of aromatic nitrogens is 1. The van der Waals surface area contributed by atoms with Crippen LogP contribution >= 0.6 is 11.6 Å². The molecular weight excluding hydrogens is 202 g/mol. The quantitative estimate of drug-likeness (QED) is 0.763. The zero-order valence-corrected chi connectivity index (χ0v) is 8.29. The number of nitrogens with zero attached hydrogens (tertiary/aromatic N) is 2. The lowest BCUT2D eigenvalue weighted by molar-refractivity contribution is 0.301. The maximum atomic E-state index is 8.68. The van der Waals surface area contributed by atoms with Gasteiger partial charge in [-0.2, -0.15) is 5.26 Å². The second-order valence-corrected chi connectivity index (χ2v) is 2.96. The average molecular weight is 212 g/mol. The summed E-state index contributed by atoms with van der Waals surface area (Å²) in [5, 5.41) is 8.93. The standard InChI is InChI=1S/C9H10ClN3O/c10-8-7(6-12)2-4-13-9(8)14-5-1-3-11/h2,4H,1,3,5,11H2. The van der Waals surface area contributed by atoms with E-state index in [0.29, 0.717) is 24.6 Å². The Morgan fingerprint density at radius 2 is 2.43 bits per heavy atom. The number of rotatable bonds is 4. The molecule has 0 saturated heterocycles. The summed E-state index contributed by atoms with van der Waals surface area (Å²) in [6.45, 7) is 1.01. The summed E-state index contributed by atoms with van der Waals surface area (Å²) in [6.07, 6.45) is 2.22. The van der Waals surface area contributed by atoms with E-state index < -0.39 is 0 Å². The minimum atomic E-state index is 0.257. The third kappa shape index (κ3) is 2.59. The van der Waals surface area contributed by atoms with Gasteiger partial charge in [-0.15, -0.1) is 0 Å². The van der Waals surface area contributed by atoms with Crippen LogP contribution in [0.15, 0.2) is 12.3 Å². The number of ether oxygens (including phenoxy) is 1. The highest BCUT2D eigenvalue weighted by Gasteiger charge is 2.07. The van der Waals surface area contributed by atoms with Crippen LogP contribution in [0.2, 0.25) is 5.02 Å². The molecule has 0 amide bonds. The molecule has 0 aliphatic rings. The van der Waals surface area contributed by atoms with Gasteiger partial charge >= 0.3 is 0 Å². The Hall–Kier alpha value is -1.31. The summed E-state index contributed by atoms with van der Waals surface area (Å²) in [6, 6.07) is 3.49. The second kappa shape index (κ2) is 5.43. The van der Waals surface area contributed by atoms with E-state index in [1.165, 1.54) is 12.3 Å². The molecule has 0 unspecified atom stereocenters. The van der Waals surface area contributed by atoms with Crippen LogP contribution in [0.4, 0.5) is 0 Å². The molecule has 0 aliphatic carbocycles. The van der Waals surface area contributed by atoms with Crippen LogP contribution in [0.5, 0.6) is 5.88 Å². The van der Waals surface area contributed by atoms with Crippen molar-refractivity contribution in [1.82, 2.24) is 4.98 Å². The van der Waals surface area contributed by atoms with Crippen molar-refractivity contribution in [3.05, 3.63) is 22.8 Å². The van der Waals surface area contributed by atoms with Crippen molar-refractivity contribution in [1.29, 1.82) is 5.26 Å². The summed E-state index contributed by atoms with van der Waals surface area (Å²) in [5.41, 5.74) is 5.67. The zero-order valence-electron chi connectivity index (χ0n) is 7.53. The molecule has 1 aromatic heterocycles. The Bertz CT molecular complexity index is 348. The van der Waals surface area contributed by atoms with E-state index in [1.54, 1.807) is 0 Å². The summed E-state index contributed by atoms with van der Waals surface area (Å²) in [4.78, 5) is 3.91. The topological polar surface area (TPSA) is 71.9 Å². The number of pyridine rings is 1. The molecule has 14 heavy (non-hydrogen) atoms. The molecule has 0 atom stereocenters. The Kier molecular flexibility index (Phi) is 4.17.